The van der Waals surface area contributed by atoms with Crippen molar-refractivity contribution >= 4 is 0 Å². The van der Waals surface area contributed by atoms with Gasteiger partial charge in [0.1, 0.15) is 17.2 Å². The second kappa shape index (κ2) is 3.31. The second-order valence-corrected chi connectivity index (χ2v) is 4.15. The maximum absolute atomic E-state index is 9.67. The third-order valence-electron chi connectivity index (χ3n) is 3.23. The molecule has 1 fully saturated rings. The molecule has 0 heterocycles. The molecule has 0 bridgehead atoms. The monoisotopic (exact) mass is 210 g/mol. The van der Waals surface area contributed by atoms with Gasteiger partial charge >= 0.3 is 0 Å². The first kappa shape index (κ1) is 10.1. The Kier molecular flexibility index (Phi) is 2.23. The summed E-state index contributed by atoms with van der Waals surface area (Å²) < 4.78 is 0. The van der Waals surface area contributed by atoms with Gasteiger partial charge in [-0.05, 0) is 12.8 Å². The van der Waals surface area contributed by atoms with Crippen LogP contribution in [0.2, 0.25) is 0 Å². The predicted octanol–water partition coefficient (Wildman–Crippen LogP) is 1.22. The number of aliphatic hydroxyl groups is 1. The molecule has 0 radical (unpaired) electrons. The molecule has 2 rings (SSSR count). The van der Waals surface area contributed by atoms with Gasteiger partial charge in [0, 0.05) is 23.1 Å². The highest BCUT2D eigenvalue weighted by Gasteiger charge is 2.42. The Morgan fingerprint density at radius 1 is 1.07 bits per heavy atom. The van der Waals surface area contributed by atoms with Gasteiger partial charge in [0.15, 0.2) is 0 Å². The highest BCUT2D eigenvalue weighted by molar-refractivity contribution is 5.53. The number of benzene rings is 1. The second-order valence-electron chi connectivity index (χ2n) is 4.15. The van der Waals surface area contributed by atoms with Gasteiger partial charge in [-0.1, -0.05) is 6.42 Å². The molecule has 1 aliphatic carbocycles. The summed E-state index contributed by atoms with van der Waals surface area (Å²) in [7, 11) is 0. The Morgan fingerprint density at radius 3 is 1.93 bits per heavy atom. The SMILES string of the molecule is OCC1(c2c(O)cc(O)cc2O)CCC1. The van der Waals surface area contributed by atoms with Crippen LogP contribution < -0.4 is 0 Å². The molecule has 15 heavy (non-hydrogen) atoms. The molecule has 1 saturated carbocycles. The van der Waals surface area contributed by atoms with Gasteiger partial charge in [0.05, 0.1) is 6.61 Å². The fraction of sp³-hybridized carbons (Fsp3) is 0.455. The number of phenols is 3. The van der Waals surface area contributed by atoms with Crippen LogP contribution in [0.15, 0.2) is 12.1 Å². The number of aromatic hydroxyl groups is 3. The zero-order valence-electron chi connectivity index (χ0n) is 8.27. The van der Waals surface area contributed by atoms with E-state index in [1.54, 1.807) is 0 Å². The van der Waals surface area contributed by atoms with Gasteiger partial charge in [0.25, 0.3) is 0 Å². The largest absolute Gasteiger partial charge is 0.508 e. The summed E-state index contributed by atoms with van der Waals surface area (Å²) >= 11 is 0. The number of hydrogen-bond donors (Lipinski definition) is 4. The first-order valence-electron chi connectivity index (χ1n) is 4.95. The molecule has 0 saturated heterocycles. The van der Waals surface area contributed by atoms with Gasteiger partial charge in [-0.2, -0.15) is 0 Å². The average molecular weight is 210 g/mol. The minimum atomic E-state index is -0.526. The molecule has 4 nitrogen and oxygen atoms in total. The Balaban J connectivity index is 2.52. The van der Waals surface area contributed by atoms with Crippen molar-refractivity contribution < 1.29 is 20.4 Å². The highest BCUT2D eigenvalue weighted by atomic mass is 16.3. The molecular weight excluding hydrogens is 196 g/mol. The maximum Gasteiger partial charge on any atom is 0.126 e. The first-order chi connectivity index (χ1) is 7.09. The van der Waals surface area contributed by atoms with E-state index in [-0.39, 0.29) is 23.9 Å². The van der Waals surface area contributed by atoms with Gasteiger partial charge in [-0.25, -0.2) is 0 Å². The molecule has 0 aliphatic heterocycles. The molecule has 1 aromatic carbocycles. The molecule has 0 atom stereocenters. The van der Waals surface area contributed by atoms with Crippen LogP contribution in [0.1, 0.15) is 24.8 Å². The lowest BCUT2D eigenvalue weighted by Gasteiger charge is -2.41. The number of rotatable bonds is 2. The summed E-state index contributed by atoms with van der Waals surface area (Å²) in [4.78, 5) is 0. The van der Waals surface area contributed by atoms with Crippen LogP contribution >= 0.6 is 0 Å². The third-order valence-corrected chi connectivity index (χ3v) is 3.23. The standard InChI is InChI=1S/C11H14O4/c12-6-11(2-1-3-11)10-8(14)4-7(13)5-9(10)15/h4-5,12-15H,1-3,6H2. The van der Waals surface area contributed by atoms with Crippen molar-refractivity contribution in [2.75, 3.05) is 6.61 Å². The van der Waals surface area contributed by atoms with E-state index in [2.05, 4.69) is 0 Å². The van der Waals surface area contributed by atoms with E-state index in [4.69, 9.17) is 5.11 Å². The van der Waals surface area contributed by atoms with Crippen LogP contribution in [0.4, 0.5) is 0 Å². The molecule has 82 valence electrons. The fourth-order valence-corrected chi connectivity index (χ4v) is 2.23. The van der Waals surface area contributed by atoms with Crippen LogP contribution in [0.3, 0.4) is 0 Å². The highest BCUT2D eigenvalue weighted by Crippen LogP contribution is 2.50. The van der Waals surface area contributed by atoms with Crippen LogP contribution in [-0.4, -0.2) is 27.0 Å². The molecule has 0 aromatic heterocycles. The van der Waals surface area contributed by atoms with Gasteiger partial charge < -0.3 is 20.4 Å². The smallest absolute Gasteiger partial charge is 0.126 e. The van der Waals surface area contributed by atoms with E-state index >= 15 is 0 Å². The lowest BCUT2D eigenvalue weighted by atomic mass is 9.64. The zero-order chi connectivity index (χ0) is 11.1. The maximum atomic E-state index is 9.67. The number of hydrogen-bond acceptors (Lipinski definition) is 4. The van der Waals surface area contributed by atoms with E-state index in [1.165, 1.54) is 12.1 Å². The quantitative estimate of drug-likeness (QED) is 0.591. The number of phenolic OH excluding ortho intramolecular Hbond substituents is 3. The Hall–Kier alpha value is -1.42. The topological polar surface area (TPSA) is 80.9 Å². The fourth-order valence-electron chi connectivity index (χ4n) is 2.23. The molecule has 0 spiro atoms. The molecular formula is C11H14O4. The van der Waals surface area contributed by atoms with E-state index in [0.717, 1.165) is 19.3 Å². The normalized spacial score (nSPS) is 18.5. The number of aliphatic hydroxyl groups excluding tert-OH is 1. The summed E-state index contributed by atoms with van der Waals surface area (Å²) in [6.07, 6.45) is 2.46. The summed E-state index contributed by atoms with van der Waals surface area (Å²) in [5.41, 5.74) is -0.170. The molecule has 1 aliphatic rings. The molecule has 4 heteroatoms. The van der Waals surface area contributed by atoms with Crippen molar-refractivity contribution in [1.29, 1.82) is 0 Å². The summed E-state index contributed by atoms with van der Waals surface area (Å²) in [5, 5.41) is 37.8. The van der Waals surface area contributed by atoms with Crippen molar-refractivity contribution in [3.05, 3.63) is 17.7 Å². The van der Waals surface area contributed by atoms with Crippen LogP contribution in [0.5, 0.6) is 17.2 Å². The van der Waals surface area contributed by atoms with Crippen LogP contribution in [0, 0.1) is 0 Å². The summed E-state index contributed by atoms with van der Waals surface area (Å²) in [6, 6.07) is 2.37. The van der Waals surface area contributed by atoms with Gasteiger partial charge in [0.2, 0.25) is 0 Å². The Bertz CT molecular complexity index is 354. The lowest BCUT2D eigenvalue weighted by Crippen LogP contribution is -2.38. The minimum Gasteiger partial charge on any atom is -0.508 e. The Morgan fingerprint density at radius 2 is 1.60 bits per heavy atom. The van der Waals surface area contributed by atoms with Gasteiger partial charge in [-0.3, -0.25) is 0 Å². The van der Waals surface area contributed by atoms with Crippen LogP contribution in [-0.2, 0) is 5.41 Å². The van der Waals surface area contributed by atoms with Crippen molar-refractivity contribution in [3.63, 3.8) is 0 Å². The minimum absolute atomic E-state index is 0.0983. The predicted molar refractivity (Wildman–Crippen MR) is 54.1 cm³/mol. The molecule has 0 unspecified atom stereocenters. The summed E-state index contributed by atoms with van der Waals surface area (Å²) in [6.45, 7) is -0.0983. The van der Waals surface area contributed by atoms with Crippen LogP contribution in [0.25, 0.3) is 0 Å². The average Bonchev–Trinajstić information content (AvgIpc) is 2.07. The lowest BCUT2D eigenvalue weighted by molar-refractivity contribution is 0.114. The van der Waals surface area contributed by atoms with Crippen molar-refractivity contribution in [1.82, 2.24) is 0 Å². The zero-order valence-corrected chi connectivity index (χ0v) is 8.27. The van der Waals surface area contributed by atoms with Gasteiger partial charge in [-0.15, -0.1) is 0 Å². The van der Waals surface area contributed by atoms with Crippen molar-refractivity contribution in [3.8, 4) is 17.2 Å². The molecule has 0 amide bonds. The molecule has 1 aromatic rings. The van der Waals surface area contributed by atoms with E-state index in [9.17, 15) is 15.3 Å². The third kappa shape index (κ3) is 1.41. The van der Waals surface area contributed by atoms with E-state index in [0.29, 0.717) is 5.56 Å². The van der Waals surface area contributed by atoms with E-state index in [1.807, 2.05) is 0 Å². The van der Waals surface area contributed by atoms with E-state index < -0.39 is 5.41 Å². The first-order valence-corrected chi connectivity index (χ1v) is 4.95. The Labute approximate surface area is 87.4 Å². The molecule has 4 N–H and O–H groups in total. The van der Waals surface area contributed by atoms with Crippen molar-refractivity contribution in [2.45, 2.75) is 24.7 Å². The summed E-state index contributed by atoms with van der Waals surface area (Å²) in [5.74, 6) is -0.483. The van der Waals surface area contributed by atoms with Crippen molar-refractivity contribution in [2.24, 2.45) is 0 Å².